The second kappa shape index (κ2) is 6.88. The fourth-order valence-electron chi connectivity index (χ4n) is 3.52. The van der Waals surface area contributed by atoms with Crippen LogP contribution in [0.3, 0.4) is 0 Å². The lowest BCUT2D eigenvalue weighted by molar-refractivity contribution is 0.0744. The summed E-state index contributed by atoms with van der Waals surface area (Å²) in [7, 11) is 0. The molecule has 0 aromatic carbocycles. The van der Waals surface area contributed by atoms with Crippen molar-refractivity contribution in [2.24, 2.45) is 11.8 Å². The first kappa shape index (κ1) is 15.0. The molecule has 2 aliphatic rings. The average Bonchev–Trinajstić information content (AvgIpc) is 2.97. The minimum Gasteiger partial charge on any atom is -0.378 e. The summed E-state index contributed by atoms with van der Waals surface area (Å²) in [6, 6.07) is 0.309. The van der Waals surface area contributed by atoms with Gasteiger partial charge in [0.15, 0.2) is 5.82 Å². The molecule has 1 saturated carbocycles. The Morgan fingerprint density at radius 3 is 2.71 bits per heavy atom. The molecule has 1 atom stereocenters. The first-order valence-corrected chi connectivity index (χ1v) is 8.36. The van der Waals surface area contributed by atoms with Gasteiger partial charge in [-0.05, 0) is 37.5 Å². The molecule has 0 spiro atoms. The molecule has 5 heteroatoms. The number of aromatic nitrogens is 2. The summed E-state index contributed by atoms with van der Waals surface area (Å²) in [6.07, 6.45) is 5.77. The highest BCUT2D eigenvalue weighted by molar-refractivity contribution is 4.99. The summed E-state index contributed by atoms with van der Waals surface area (Å²) < 4.78 is 10.9. The number of hydrogen-bond acceptors (Lipinski definition) is 5. The quantitative estimate of drug-likeness (QED) is 0.924. The van der Waals surface area contributed by atoms with Gasteiger partial charge in [-0.2, -0.15) is 4.98 Å². The third-order valence-electron chi connectivity index (χ3n) is 4.98. The number of nitrogens with zero attached hydrogens (tertiary/aromatic N) is 2. The number of nitrogens with one attached hydrogen (secondary N) is 1. The second-order valence-electron chi connectivity index (χ2n) is 6.83. The van der Waals surface area contributed by atoms with E-state index in [1.165, 1.54) is 25.7 Å². The first-order chi connectivity index (χ1) is 10.2. The van der Waals surface area contributed by atoms with Gasteiger partial charge in [0.1, 0.15) is 0 Å². The van der Waals surface area contributed by atoms with E-state index >= 15 is 0 Å². The zero-order valence-electron chi connectivity index (χ0n) is 13.2. The van der Waals surface area contributed by atoms with E-state index in [9.17, 15) is 0 Å². The monoisotopic (exact) mass is 293 g/mol. The molecule has 0 amide bonds. The Bertz CT molecular complexity index is 432. The lowest BCUT2D eigenvalue weighted by Gasteiger charge is -2.29. The highest BCUT2D eigenvalue weighted by Crippen LogP contribution is 2.37. The summed E-state index contributed by atoms with van der Waals surface area (Å²) in [6.45, 7) is 7.10. The Hall–Kier alpha value is -0.940. The summed E-state index contributed by atoms with van der Waals surface area (Å²) >= 11 is 0. The lowest BCUT2D eigenvalue weighted by Crippen LogP contribution is -2.42. The molecule has 5 nitrogen and oxygen atoms in total. The van der Waals surface area contributed by atoms with Gasteiger partial charge >= 0.3 is 0 Å². The summed E-state index contributed by atoms with van der Waals surface area (Å²) in [5, 5.41) is 7.64. The van der Waals surface area contributed by atoms with Gasteiger partial charge in [0.2, 0.25) is 5.89 Å². The van der Waals surface area contributed by atoms with Gasteiger partial charge < -0.3 is 14.6 Å². The topological polar surface area (TPSA) is 60.2 Å². The Morgan fingerprint density at radius 2 is 2.05 bits per heavy atom. The maximum Gasteiger partial charge on any atom is 0.228 e. The van der Waals surface area contributed by atoms with Crippen molar-refractivity contribution in [1.82, 2.24) is 15.5 Å². The smallest absolute Gasteiger partial charge is 0.228 e. The number of ether oxygens (including phenoxy) is 1. The number of morpholine rings is 1. The SMILES string of the molecule is CC(C)C1CCC(c2noc(CC3COCCN3)n2)CC1. The summed E-state index contributed by atoms with van der Waals surface area (Å²) in [5.41, 5.74) is 0. The molecule has 1 unspecified atom stereocenters. The van der Waals surface area contributed by atoms with Crippen LogP contribution in [-0.2, 0) is 11.2 Å². The lowest BCUT2D eigenvalue weighted by atomic mass is 9.77. The fourth-order valence-corrected chi connectivity index (χ4v) is 3.52. The van der Waals surface area contributed by atoms with E-state index in [1.54, 1.807) is 0 Å². The molecule has 1 aliphatic carbocycles. The minimum absolute atomic E-state index is 0.309. The molecule has 118 valence electrons. The van der Waals surface area contributed by atoms with E-state index in [0.29, 0.717) is 12.0 Å². The van der Waals surface area contributed by atoms with Crippen molar-refractivity contribution in [1.29, 1.82) is 0 Å². The third kappa shape index (κ3) is 3.83. The Kier molecular flexibility index (Phi) is 4.91. The van der Waals surface area contributed by atoms with Crippen molar-refractivity contribution in [3.05, 3.63) is 11.7 Å². The van der Waals surface area contributed by atoms with Crippen LogP contribution in [0.2, 0.25) is 0 Å². The molecular formula is C16H27N3O2. The van der Waals surface area contributed by atoms with Crippen LogP contribution >= 0.6 is 0 Å². The van der Waals surface area contributed by atoms with E-state index in [1.807, 2.05) is 0 Å². The van der Waals surface area contributed by atoms with Gasteiger partial charge in [0, 0.05) is 24.9 Å². The molecule has 1 aliphatic heterocycles. The zero-order chi connectivity index (χ0) is 14.7. The van der Waals surface area contributed by atoms with Crippen LogP contribution in [0.5, 0.6) is 0 Å². The fraction of sp³-hybridized carbons (Fsp3) is 0.875. The van der Waals surface area contributed by atoms with E-state index in [4.69, 9.17) is 9.26 Å². The van der Waals surface area contributed by atoms with Gasteiger partial charge in [0.05, 0.1) is 13.2 Å². The summed E-state index contributed by atoms with van der Waals surface area (Å²) in [4.78, 5) is 4.62. The van der Waals surface area contributed by atoms with Crippen molar-refractivity contribution >= 4 is 0 Å². The molecule has 3 rings (SSSR count). The third-order valence-corrected chi connectivity index (χ3v) is 4.98. The largest absolute Gasteiger partial charge is 0.378 e. The predicted octanol–water partition coefficient (Wildman–Crippen LogP) is 2.53. The van der Waals surface area contributed by atoms with Crippen LogP contribution in [0.1, 0.15) is 57.2 Å². The van der Waals surface area contributed by atoms with E-state index in [-0.39, 0.29) is 0 Å². The molecule has 1 aromatic rings. The number of rotatable bonds is 4. The molecule has 1 saturated heterocycles. The zero-order valence-corrected chi connectivity index (χ0v) is 13.2. The summed E-state index contributed by atoms with van der Waals surface area (Å²) in [5.74, 6) is 3.83. The molecule has 1 N–H and O–H groups in total. The Labute approximate surface area is 126 Å². The molecular weight excluding hydrogens is 266 g/mol. The van der Waals surface area contributed by atoms with Gasteiger partial charge in [-0.1, -0.05) is 19.0 Å². The van der Waals surface area contributed by atoms with Crippen LogP contribution < -0.4 is 5.32 Å². The highest BCUT2D eigenvalue weighted by atomic mass is 16.5. The van der Waals surface area contributed by atoms with E-state index < -0.39 is 0 Å². The van der Waals surface area contributed by atoms with Crippen molar-refractivity contribution in [2.45, 2.75) is 57.9 Å². The van der Waals surface area contributed by atoms with E-state index in [0.717, 1.165) is 49.7 Å². The number of hydrogen-bond donors (Lipinski definition) is 1. The first-order valence-electron chi connectivity index (χ1n) is 8.36. The molecule has 2 fully saturated rings. The van der Waals surface area contributed by atoms with Crippen molar-refractivity contribution in [3.8, 4) is 0 Å². The van der Waals surface area contributed by atoms with Crippen LogP contribution in [0.15, 0.2) is 4.52 Å². The van der Waals surface area contributed by atoms with Crippen LogP contribution in [0, 0.1) is 11.8 Å². The van der Waals surface area contributed by atoms with Crippen molar-refractivity contribution in [2.75, 3.05) is 19.8 Å². The van der Waals surface area contributed by atoms with Gasteiger partial charge in [-0.3, -0.25) is 0 Å². The maximum atomic E-state index is 5.46. The molecule has 2 heterocycles. The normalized spacial score (nSPS) is 30.7. The maximum absolute atomic E-state index is 5.46. The second-order valence-corrected chi connectivity index (χ2v) is 6.83. The van der Waals surface area contributed by atoms with Crippen LogP contribution in [0.25, 0.3) is 0 Å². The minimum atomic E-state index is 0.309. The molecule has 1 aromatic heterocycles. The Balaban J connectivity index is 1.53. The van der Waals surface area contributed by atoms with Gasteiger partial charge in [-0.15, -0.1) is 0 Å². The molecule has 21 heavy (non-hydrogen) atoms. The van der Waals surface area contributed by atoms with Crippen LogP contribution in [0.4, 0.5) is 0 Å². The molecule has 0 radical (unpaired) electrons. The highest BCUT2D eigenvalue weighted by Gasteiger charge is 2.27. The van der Waals surface area contributed by atoms with Gasteiger partial charge in [0.25, 0.3) is 0 Å². The Morgan fingerprint density at radius 1 is 1.24 bits per heavy atom. The molecule has 0 bridgehead atoms. The van der Waals surface area contributed by atoms with Gasteiger partial charge in [-0.25, -0.2) is 0 Å². The average molecular weight is 293 g/mol. The predicted molar refractivity (Wildman–Crippen MR) is 80.1 cm³/mol. The van der Waals surface area contributed by atoms with E-state index in [2.05, 4.69) is 29.3 Å². The van der Waals surface area contributed by atoms with Crippen LogP contribution in [-0.4, -0.2) is 35.9 Å². The standard InChI is InChI=1S/C16H27N3O2/c1-11(2)12-3-5-13(6-4-12)16-18-15(21-19-16)9-14-10-20-8-7-17-14/h11-14,17H,3-10H2,1-2H3. The van der Waals surface area contributed by atoms with Crippen molar-refractivity contribution < 1.29 is 9.26 Å². The van der Waals surface area contributed by atoms with Crippen molar-refractivity contribution in [3.63, 3.8) is 0 Å².